The van der Waals surface area contributed by atoms with E-state index in [1.807, 2.05) is 13.8 Å². The first-order chi connectivity index (χ1) is 8.26. The Morgan fingerprint density at radius 2 is 2.11 bits per heavy atom. The van der Waals surface area contributed by atoms with Crippen LogP contribution in [0.3, 0.4) is 0 Å². The molecule has 1 aromatic rings. The minimum absolute atomic E-state index is 0.00129. The van der Waals surface area contributed by atoms with E-state index < -0.39 is 17.6 Å². The van der Waals surface area contributed by atoms with Crippen molar-refractivity contribution in [3.63, 3.8) is 0 Å². The van der Waals surface area contributed by atoms with Gasteiger partial charge in [0.1, 0.15) is 5.82 Å². The number of hydrogen-bond acceptors (Lipinski definition) is 6. The van der Waals surface area contributed by atoms with Gasteiger partial charge in [0.15, 0.2) is 0 Å². The highest BCUT2D eigenvalue weighted by Crippen LogP contribution is 2.17. The van der Waals surface area contributed by atoms with Gasteiger partial charge < -0.3 is 15.2 Å². The Bertz CT molecular complexity index is 444. The number of hydrogen-bond donors (Lipinski definition) is 2. The summed E-state index contributed by atoms with van der Waals surface area (Å²) >= 11 is 0. The van der Waals surface area contributed by atoms with Crippen LogP contribution in [0.2, 0.25) is 0 Å². The lowest BCUT2D eigenvalue weighted by atomic mass is 9.99. The monoisotopic (exact) mass is 253 g/mol. The molecule has 1 atom stereocenters. The van der Waals surface area contributed by atoms with E-state index in [4.69, 9.17) is 0 Å². The van der Waals surface area contributed by atoms with Crippen molar-refractivity contribution < 1.29 is 14.6 Å². The molecule has 1 unspecified atom stereocenters. The maximum atomic E-state index is 11.4. The Morgan fingerprint density at radius 1 is 1.50 bits per heavy atom. The van der Waals surface area contributed by atoms with Crippen molar-refractivity contribution in [2.45, 2.75) is 39.3 Å². The van der Waals surface area contributed by atoms with Crippen molar-refractivity contribution in [3.8, 4) is 0 Å². The third-order valence-corrected chi connectivity index (χ3v) is 2.72. The molecule has 0 spiro atoms. The molecule has 0 aliphatic carbocycles. The molecule has 6 nitrogen and oxygen atoms in total. The summed E-state index contributed by atoms with van der Waals surface area (Å²) in [7, 11) is 1.28. The second kappa shape index (κ2) is 5.30. The molecule has 0 fully saturated rings. The fourth-order valence-corrected chi connectivity index (χ4v) is 1.25. The van der Waals surface area contributed by atoms with Crippen LogP contribution >= 0.6 is 0 Å². The summed E-state index contributed by atoms with van der Waals surface area (Å²) in [5.41, 5.74) is 0.0862. The van der Waals surface area contributed by atoms with Crippen LogP contribution in [-0.2, 0) is 4.74 Å². The number of aryl methyl sites for hydroxylation is 1. The fourth-order valence-electron chi connectivity index (χ4n) is 1.25. The molecular weight excluding hydrogens is 234 g/mol. The first-order valence-corrected chi connectivity index (χ1v) is 5.66. The zero-order valence-corrected chi connectivity index (χ0v) is 11.3. The lowest BCUT2D eigenvalue weighted by molar-refractivity contribution is 0.0586. The van der Waals surface area contributed by atoms with Gasteiger partial charge in [0.05, 0.1) is 18.8 Å². The van der Waals surface area contributed by atoms with Crippen LogP contribution in [0.4, 0.5) is 5.82 Å². The van der Waals surface area contributed by atoms with E-state index in [9.17, 15) is 9.90 Å². The summed E-state index contributed by atoms with van der Waals surface area (Å²) in [6.45, 7) is 7.12. The number of nitrogens with one attached hydrogen (secondary N) is 1. The van der Waals surface area contributed by atoms with Crippen molar-refractivity contribution in [3.05, 3.63) is 17.6 Å². The first-order valence-electron chi connectivity index (χ1n) is 5.66. The Balaban J connectivity index is 3.04. The number of aromatic nitrogens is 2. The molecule has 18 heavy (non-hydrogen) atoms. The van der Waals surface area contributed by atoms with E-state index in [-0.39, 0.29) is 5.82 Å². The third kappa shape index (κ3) is 3.40. The molecule has 1 heterocycles. The molecule has 0 radical (unpaired) electrons. The molecule has 0 aromatic carbocycles. The van der Waals surface area contributed by atoms with E-state index in [1.165, 1.54) is 7.11 Å². The van der Waals surface area contributed by atoms with Gasteiger partial charge >= 0.3 is 5.97 Å². The van der Waals surface area contributed by atoms with Crippen LogP contribution in [-0.4, -0.2) is 39.8 Å². The normalized spacial score (nSPS) is 13.0. The fraction of sp³-hybridized carbons (Fsp3) is 0.583. The van der Waals surface area contributed by atoms with Gasteiger partial charge in [-0.25, -0.2) is 14.8 Å². The number of aliphatic hydroxyl groups is 1. The van der Waals surface area contributed by atoms with Crippen molar-refractivity contribution in [1.29, 1.82) is 0 Å². The van der Waals surface area contributed by atoms with E-state index in [0.29, 0.717) is 11.5 Å². The summed E-state index contributed by atoms with van der Waals surface area (Å²) in [5, 5.41) is 12.7. The van der Waals surface area contributed by atoms with Gasteiger partial charge in [-0.15, -0.1) is 0 Å². The second-order valence-electron chi connectivity index (χ2n) is 4.73. The summed E-state index contributed by atoms with van der Waals surface area (Å²) in [6.07, 6.45) is -0.575. The molecule has 2 N–H and O–H groups in total. The largest absolute Gasteiger partial charge is 0.463 e. The Morgan fingerprint density at radius 3 is 2.61 bits per heavy atom. The van der Waals surface area contributed by atoms with Gasteiger partial charge in [0.2, 0.25) is 5.82 Å². The molecule has 0 aliphatic rings. The lowest BCUT2D eigenvalue weighted by Crippen LogP contribution is -2.42. The lowest BCUT2D eigenvalue weighted by Gasteiger charge is -2.30. The smallest absolute Gasteiger partial charge is 0.376 e. The van der Waals surface area contributed by atoms with Crippen LogP contribution in [0.25, 0.3) is 0 Å². The quantitative estimate of drug-likeness (QED) is 0.783. The number of aliphatic hydroxyl groups excluding tert-OH is 1. The molecule has 0 amide bonds. The SMILES string of the molecule is COC(=O)c1nc(C)cc(NC(C)(C)C(C)O)n1. The minimum atomic E-state index is -0.586. The Labute approximate surface area is 106 Å². The van der Waals surface area contributed by atoms with Crippen molar-refractivity contribution in [2.75, 3.05) is 12.4 Å². The maximum absolute atomic E-state index is 11.4. The second-order valence-corrected chi connectivity index (χ2v) is 4.73. The average Bonchev–Trinajstić information content (AvgIpc) is 2.26. The number of carbonyl (C=O) groups is 1. The van der Waals surface area contributed by atoms with Crippen LogP contribution in [0.1, 0.15) is 37.1 Å². The predicted octanol–water partition coefficient (Wildman–Crippen LogP) is 1.14. The summed E-state index contributed by atoms with van der Waals surface area (Å²) in [5.74, 6) is -0.105. The number of anilines is 1. The molecule has 0 aliphatic heterocycles. The van der Waals surface area contributed by atoms with E-state index >= 15 is 0 Å². The molecule has 1 aromatic heterocycles. The van der Waals surface area contributed by atoms with E-state index in [2.05, 4.69) is 20.0 Å². The summed E-state index contributed by atoms with van der Waals surface area (Å²) < 4.78 is 4.58. The van der Waals surface area contributed by atoms with Gasteiger partial charge in [-0.05, 0) is 27.7 Å². The first kappa shape index (κ1) is 14.4. The minimum Gasteiger partial charge on any atom is -0.463 e. The number of carbonyl (C=O) groups excluding carboxylic acids is 1. The average molecular weight is 253 g/mol. The number of esters is 1. The van der Waals surface area contributed by atoms with Gasteiger partial charge in [0.25, 0.3) is 0 Å². The van der Waals surface area contributed by atoms with Crippen LogP contribution in [0.15, 0.2) is 6.07 Å². The molecule has 0 saturated carbocycles. The highest BCUT2D eigenvalue weighted by molar-refractivity contribution is 5.85. The molecular formula is C12H19N3O3. The van der Waals surface area contributed by atoms with Crippen molar-refractivity contribution in [2.24, 2.45) is 0 Å². The summed E-state index contributed by atoms with van der Waals surface area (Å²) in [4.78, 5) is 19.4. The molecule has 6 heteroatoms. The summed E-state index contributed by atoms with van der Waals surface area (Å²) in [6, 6.07) is 1.70. The van der Waals surface area contributed by atoms with Gasteiger partial charge in [0, 0.05) is 11.8 Å². The van der Waals surface area contributed by atoms with Crippen LogP contribution < -0.4 is 5.32 Å². The van der Waals surface area contributed by atoms with Crippen molar-refractivity contribution in [1.82, 2.24) is 9.97 Å². The highest BCUT2D eigenvalue weighted by Gasteiger charge is 2.25. The van der Waals surface area contributed by atoms with Gasteiger partial charge in [-0.1, -0.05) is 0 Å². The van der Waals surface area contributed by atoms with E-state index in [0.717, 1.165) is 0 Å². The van der Waals surface area contributed by atoms with Crippen LogP contribution in [0, 0.1) is 6.92 Å². The number of ether oxygens (including phenoxy) is 1. The Kier molecular flexibility index (Phi) is 4.24. The van der Waals surface area contributed by atoms with Crippen molar-refractivity contribution >= 4 is 11.8 Å². The third-order valence-electron chi connectivity index (χ3n) is 2.72. The number of methoxy groups -OCH3 is 1. The Hall–Kier alpha value is -1.69. The standard InChI is InChI=1S/C12H19N3O3/c1-7-6-9(15-12(3,4)8(2)16)14-10(13-7)11(17)18-5/h6,8,16H,1-5H3,(H,13,14,15). The van der Waals surface area contributed by atoms with E-state index in [1.54, 1.807) is 19.9 Å². The molecule has 0 saturated heterocycles. The molecule has 0 bridgehead atoms. The number of nitrogens with zero attached hydrogens (tertiary/aromatic N) is 2. The van der Waals surface area contributed by atoms with Gasteiger partial charge in [-0.2, -0.15) is 0 Å². The topological polar surface area (TPSA) is 84.3 Å². The molecule has 100 valence electrons. The molecule has 1 rings (SSSR count). The predicted molar refractivity (Wildman–Crippen MR) is 67.5 cm³/mol. The van der Waals surface area contributed by atoms with Gasteiger partial charge in [-0.3, -0.25) is 0 Å². The highest BCUT2D eigenvalue weighted by atomic mass is 16.5. The zero-order chi connectivity index (χ0) is 13.9. The number of rotatable bonds is 4. The maximum Gasteiger partial charge on any atom is 0.376 e. The zero-order valence-electron chi connectivity index (χ0n) is 11.3. The van der Waals surface area contributed by atoms with Crippen LogP contribution in [0.5, 0.6) is 0 Å².